The second kappa shape index (κ2) is 5.08. The Labute approximate surface area is 110 Å². The number of rotatable bonds is 4. The molecule has 0 heterocycles. The molecule has 3 N–H and O–H groups in total. The molecule has 2 rings (SSSR count). The lowest BCUT2D eigenvalue weighted by Crippen LogP contribution is -2.32. The second-order valence-corrected chi connectivity index (χ2v) is 5.64. The van der Waals surface area contributed by atoms with Gasteiger partial charge in [-0.15, -0.1) is 0 Å². The van der Waals surface area contributed by atoms with Crippen LogP contribution in [0.15, 0.2) is 22.7 Å². The third-order valence-corrected chi connectivity index (χ3v) is 3.71. The summed E-state index contributed by atoms with van der Waals surface area (Å²) in [7, 11) is 0. The number of nitrogens with one attached hydrogen (secondary N) is 1. The minimum Gasteiger partial charge on any atom is -0.398 e. The van der Waals surface area contributed by atoms with Crippen LogP contribution in [0.25, 0.3) is 0 Å². The number of carbonyl (C=O) groups is 1. The van der Waals surface area contributed by atoms with E-state index < -0.39 is 0 Å². The molecule has 1 saturated carbocycles. The minimum atomic E-state index is -0.0288. The highest BCUT2D eigenvalue weighted by Crippen LogP contribution is 2.33. The number of halogens is 1. The maximum Gasteiger partial charge on any atom is 0.251 e. The van der Waals surface area contributed by atoms with Gasteiger partial charge in [0.2, 0.25) is 0 Å². The van der Waals surface area contributed by atoms with E-state index in [1.165, 1.54) is 12.8 Å². The first-order valence-corrected chi connectivity index (χ1v) is 6.71. The summed E-state index contributed by atoms with van der Waals surface area (Å²) in [6.07, 6.45) is 3.71. The Bertz CT molecular complexity index is 429. The molecule has 17 heavy (non-hydrogen) atoms. The van der Waals surface area contributed by atoms with Gasteiger partial charge in [-0.1, -0.05) is 12.8 Å². The molecule has 0 spiro atoms. The number of benzene rings is 1. The largest absolute Gasteiger partial charge is 0.398 e. The summed E-state index contributed by atoms with van der Waals surface area (Å²) in [6, 6.07) is 5.49. The van der Waals surface area contributed by atoms with E-state index in [1.54, 1.807) is 18.2 Å². The van der Waals surface area contributed by atoms with Crippen LogP contribution in [-0.4, -0.2) is 11.9 Å². The Morgan fingerprint density at radius 1 is 1.59 bits per heavy atom. The molecule has 0 bridgehead atoms. The van der Waals surface area contributed by atoms with Crippen LogP contribution in [0.1, 0.15) is 36.5 Å². The van der Waals surface area contributed by atoms with Crippen LogP contribution >= 0.6 is 15.9 Å². The topological polar surface area (TPSA) is 55.1 Å². The Morgan fingerprint density at radius 2 is 2.29 bits per heavy atom. The van der Waals surface area contributed by atoms with Gasteiger partial charge in [0.1, 0.15) is 0 Å². The van der Waals surface area contributed by atoms with Crippen molar-refractivity contribution in [2.75, 3.05) is 5.73 Å². The summed E-state index contributed by atoms with van der Waals surface area (Å²) in [5, 5.41) is 3.01. The first-order chi connectivity index (χ1) is 8.06. The molecule has 0 radical (unpaired) electrons. The minimum absolute atomic E-state index is 0.0288. The van der Waals surface area contributed by atoms with Gasteiger partial charge in [-0.25, -0.2) is 0 Å². The van der Waals surface area contributed by atoms with Crippen molar-refractivity contribution < 1.29 is 4.79 Å². The van der Waals surface area contributed by atoms with Crippen molar-refractivity contribution >= 4 is 27.5 Å². The number of hydrogen-bond acceptors (Lipinski definition) is 2. The van der Waals surface area contributed by atoms with E-state index in [1.807, 2.05) is 0 Å². The zero-order valence-electron chi connectivity index (χ0n) is 9.87. The van der Waals surface area contributed by atoms with E-state index in [-0.39, 0.29) is 11.9 Å². The van der Waals surface area contributed by atoms with Gasteiger partial charge in [-0.3, -0.25) is 4.79 Å². The van der Waals surface area contributed by atoms with Gasteiger partial charge in [-0.05, 0) is 53.4 Å². The van der Waals surface area contributed by atoms with Crippen LogP contribution in [0.5, 0.6) is 0 Å². The van der Waals surface area contributed by atoms with Crippen LogP contribution in [0.3, 0.4) is 0 Å². The Balaban J connectivity index is 1.95. The molecule has 1 aliphatic rings. The van der Waals surface area contributed by atoms with E-state index >= 15 is 0 Å². The van der Waals surface area contributed by atoms with Crippen LogP contribution in [-0.2, 0) is 0 Å². The standard InChI is InChI=1S/C13H17BrN2O/c1-8(6-9-2-3-9)16-13(17)10-4-5-12(15)11(14)7-10/h4-5,7-9H,2-3,6,15H2,1H3,(H,16,17). The van der Waals surface area contributed by atoms with Crippen LogP contribution in [0.4, 0.5) is 5.69 Å². The van der Waals surface area contributed by atoms with Crippen molar-refractivity contribution in [2.45, 2.75) is 32.2 Å². The van der Waals surface area contributed by atoms with Gasteiger partial charge in [0.15, 0.2) is 0 Å². The fourth-order valence-electron chi connectivity index (χ4n) is 1.89. The zero-order valence-corrected chi connectivity index (χ0v) is 11.5. The maximum atomic E-state index is 11.9. The van der Waals surface area contributed by atoms with E-state index in [2.05, 4.69) is 28.2 Å². The summed E-state index contributed by atoms with van der Waals surface area (Å²) in [5.41, 5.74) is 6.98. The monoisotopic (exact) mass is 296 g/mol. The molecular weight excluding hydrogens is 280 g/mol. The molecule has 92 valence electrons. The predicted molar refractivity (Wildman–Crippen MR) is 72.8 cm³/mol. The number of carbonyl (C=O) groups excluding carboxylic acids is 1. The zero-order chi connectivity index (χ0) is 12.4. The highest BCUT2D eigenvalue weighted by atomic mass is 79.9. The fraction of sp³-hybridized carbons (Fsp3) is 0.462. The maximum absolute atomic E-state index is 11.9. The first kappa shape index (κ1) is 12.4. The first-order valence-electron chi connectivity index (χ1n) is 5.92. The van der Waals surface area contributed by atoms with Gasteiger partial charge in [-0.2, -0.15) is 0 Å². The molecule has 1 aliphatic carbocycles. The normalized spacial score (nSPS) is 16.6. The summed E-state index contributed by atoms with van der Waals surface area (Å²) >= 11 is 3.33. The van der Waals surface area contributed by atoms with Gasteiger partial charge in [0, 0.05) is 21.8 Å². The van der Waals surface area contributed by atoms with Crippen LogP contribution in [0, 0.1) is 5.92 Å². The van der Waals surface area contributed by atoms with Crippen molar-refractivity contribution in [3.63, 3.8) is 0 Å². The smallest absolute Gasteiger partial charge is 0.251 e. The quantitative estimate of drug-likeness (QED) is 0.840. The number of anilines is 1. The molecule has 3 nitrogen and oxygen atoms in total. The number of nitrogens with two attached hydrogens (primary N) is 1. The number of amides is 1. The van der Waals surface area contributed by atoms with Crippen molar-refractivity contribution in [1.29, 1.82) is 0 Å². The van der Waals surface area contributed by atoms with E-state index in [9.17, 15) is 4.79 Å². The fourth-order valence-corrected chi connectivity index (χ4v) is 2.27. The summed E-state index contributed by atoms with van der Waals surface area (Å²) < 4.78 is 0.764. The number of nitrogen functional groups attached to an aromatic ring is 1. The highest BCUT2D eigenvalue weighted by molar-refractivity contribution is 9.10. The molecule has 4 heteroatoms. The van der Waals surface area contributed by atoms with E-state index in [0.29, 0.717) is 11.3 Å². The van der Waals surface area contributed by atoms with Crippen LogP contribution in [0.2, 0.25) is 0 Å². The predicted octanol–water partition coefficient (Wildman–Crippen LogP) is 2.95. The molecule has 1 amide bonds. The average molecular weight is 297 g/mol. The number of hydrogen-bond donors (Lipinski definition) is 2. The molecule has 1 fully saturated rings. The molecule has 1 atom stereocenters. The van der Waals surface area contributed by atoms with Crippen molar-refractivity contribution in [3.05, 3.63) is 28.2 Å². The van der Waals surface area contributed by atoms with E-state index in [4.69, 9.17) is 5.73 Å². The van der Waals surface area contributed by atoms with Gasteiger partial charge in [0.25, 0.3) is 5.91 Å². The summed E-state index contributed by atoms with van der Waals surface area (Å²) in [4.78, 5) is 11.9. The molecule has 0 aliphatic heterocycles. The Morgan fingerprint density at radius 3 is 2.88 bits per heavy atom. The Hall–Kier alpha value is -1.03. The van der Waals surface area contributed by atoms with Crippen molar-refractivity contribution in [3.8, 4) is 0 Å². The molecule has 1 aromatic rings. The van der Waals surface area contributed by atoms with Gasteiger partial charge < -0.3 is 11.1 Å². The van der Waals surface area contributed by atoms with Crippen molar-refractivity contribution in [2.24, 2.45) is 5.92 Å². The SMILES string of the molecule is CC(CC1CC1)NC(=O)c1ccc(N)c(Br)c1. The average Bonchev–Trinajstić information content (AvgIpc) is 3.05. The molecule has 0 aromatic heterocycles. The lowest BCUT2D eigenvalue weighted by atomic mass is 10.1. The Kier molecular flexibility index (Phi) is 3.72. The van der Waals surface area contributed by atoms with Crippen molar-refractivity contribution in [1.82, 2.24) is 5.32 Å². The highest BCUT2D eigenvalue weighted by Gasteiger charge is 2.24. The molecular formula is C13H17BrN2O. The third kappa shape index (κ3) is 3.46. The van der Waals surface area contributed by atoms with Crippen LogP contribution < -0.4 is 11.1 Å². The molecule has 1 aromatic carbocycles. The van der Waals surface area contributed by atoms with Gasteiger partial charge in [0.05, 0.1) is 0 Å². The molecule has 0 saturated heterocycles. The molecule has 1 unspecified atom stereocenters. The lowest BCUT2D eigenvalue weighted by molar-refractivity contribution is 0.0937. The lowest BCUT2D eigenvalue weighted by Gasteiger charge is -2.13. The van der Waals surface area contributed by atoms with E-state index in [0.717, 1.165) is 16.8 Å². The van der Waals surface area contributed by atoms with Gasteiger partial charge >= 0.3 is 0 Å². The third-order valence-electron chi connectivity index (χ3n) is 3.02. The summed E-state index contributed by atoms with van der Waals surface area (Å²) in [6.45, 7) is 2.06. The summed E-state index contributed by atoms with van der Waals surface area (Å²) in [5.74, 6) is 0.794. The second-order valence-electron chi connectivity index (χ2n) is 4.79.